The van der Waals surface area contributed by atoms with Crippen LogP contribution in [0.15, 0.2) is 0 Å². The Morgan fingerprint density at radius 1 is 1.09 bits per heavy atom. The summed E-state index contributed by atoms with van der Waals surface area (Å²) in [6.07, 6.45) is 9.98. The monoisotopic (exact) mass is 153 g/mol. The van der Waals surface area contributed by atoms with Crippen LogP contribution in [-0.2, 0) is 0 Å². The highest BCUT2D eigenvalue weighted by molar-refractivity contribution is 4.86. The molecule has 64 valence electrons. The molecule has 0 spiro atoms. The molecule has 2 aliphatic carbocycles. The van der Waals surface area contributed by atoms with Gasteiger partial charge in [-0.25, -0.2) is 0 Å². The van der Waals surface area contributed by atoms with E-state index in [2.05, 4.69) is 0 Å². The molecular weight excluding hydrogens is 134 g/mol. The van der Waals surface area contributed by atoms with Gasteiger partial charge in [0.2, 0.25) is 0 Å². The van der Waals surface area contributed by atoms with E-state index in [0.717, 1.165) is 11.8 Å². The van der Waals surface area contributed by atoms with Crippen LogP contribution in [0.4, 0.5) is 0 Å². The van der Waals surface area contributed by atoms with Crippen molar-refractivity contribution in [2.24, 2.45) is 17.6 Å². The second kappa shape index (κ2) is 3.14. The molecule has 0 radical (unpaired) electrons. The van der Waals surface area contributed by atoms with Crippen molar-refractivity contribution < 1.29 is 0 Å². The maximum atomic E-state index is 6.06. The Morgan fingerprint density at radius 3 is 2.27 bits per heavy atom. The minimum Gasteiger partial charge on any atom is -0.327 e. The van der Waals surface area contributed by atoms with Crippen LogP contribution in [0, 0.1) is 11.8 Å². The molecule has 0 heterocycles. The first-order valence-electron chi connectivity index (χ1n) is 5.12. The fourth-order valence-corrected chi connectivity index (χ4v) is 2.35. The van der Waals surface area contributed by atoms with Crippen molar-refractivity contribution in [1.29, 1.82) is 0 Å². The van der Waals surface area contributed by atoms with Crippen LogP contribution in [0.3, 0.4) is 0 Å². The molecule has 1 atom stereocenters. The molecule has 2 aliphatic rings. The van der Waals surface area contributed by atoms with Gasteiger partial charge in [0, 0.05) is 6.04 Å². The average molecular weight is 153 g/mol. The zero-order chi connectivity index (χ0) is 7.68. The van der Waals surface area contributed by atoms with E-state index in [9.17, 15) is 0 Å². The van der Waals surface area contributed by atoms with Gasteiger partial charge in [0.1, 0.15) is 0 Å². The highest BCUT2D eigenvalue weighted by Crippen LogP contribution is 2.37. The molecule has 1 heteroatoms. The summed E-state index contributed by atoms with van der Waals surface area (Å²) < 4.78 is 0. The second-order valence-corrected chi connectivity index (χ2v) is 4.39. The molecule has 2 saturated carbocycles. The summed E-state index contributed by atoms with van der Waals surface area (Å²) in [6, 6.07) is 0.554. The van der Waals surface area contributed by atoms with Gasteiger partial charge in [-0.2, -0.15) is 0 Å². The molecule has 0 bridgehead atoms. The Morgan fingerprint density at radius 2 is 1.73 bits per heavy atom. The third kappa shape index (κ3) is 1.96. The van der Waals surface area contributed by atoms with E-state index in [0.29, 0.717) is 6.04 Å². The summed E-state index contributed by atoms with van der Waals surface area (Å²) in [4.78, 5) is 0. The molecule has 0 saturated heterocycles. The van der Waals surface area contributed by atoms with E-state index in [1.54, 1.807) is 0 Å². The first-order valence-corrected chi connectivity index (χ1v) is 5.12. The van der Waals surface area contributed by atoms with Gasteiger partial charge in [-0.05, 0) is 31.1 Å². The second-order valence-electron chi connectivity index (χ2n) is 4.39. The van der Waals surface area contributed by atoms with Gasteiger partial charge < -0.3 is 5.73 Å². The van der Waals surface area contributed by atoms with E-state index in [4.69, 9.17) is 5.73 Å². The standard InChI is InChI=1S/C10H19N/c11-10(9-5-6-9)7-8-3-1-2-4-8/h8-10H,1-7,11H2/t10-/m1/s1. The Balaban J connectivity index is 1.70. The topological polar surface area (TPSA) is 26.0 Å². The molecular formula is C10H19N. The van der Waals surface area contributed by atoms with Crippen molar-refractivity contribution in [2.45, 2.75) is 51.0 Å². The largest absolute Gasteiger partial charge is 0.327 e. The molecule has 0 aromatic heterocycles. The van der Waals surface area contributed by atoms with Gasteiger partial charge in [0.05, 0.1) is 0 Å². The fraction of sp³-hybridized carbons (Fsp3) is 1.00. The summed E-state index contributed by atoms with van der Waals surface area (Å²) in [5.41, 5.74) is 6.06. The molecule has 0 aromatic carbocycles. The molecule has 0 unspecified atom stereocenters. The van der Waals surface area contributed by atoms with E-state index in [1.807, 2.05) is 0 Å². The van der Waals surface area contributed by atoms with E-state index in [1.165, 1.54) is 44.9 Å². The molecule has 2 fully saturated rings. The van der Waals surface area contributed by atoms with Crippen LogP contribution in [0.25, 0.3) is 0 Å². The zero-order valence-electron chi connectivity index (χ0n) is 7.26. The van der Waals surface area contributed by atoms with Crippen molar-refractivity contribution in [3.05, 3.63) is 0 Å². The van der Waals surface area contributed by atoms with E-state index >= 15 is 0 Å². The van der Waals surface area contributed by atoms with Crippen molar-refractivity contribution >= 4 is 0 Å². The van der Waals surface area contributed by atoms with Gasteiger partial charge in [0.15, 0.2) is 0 Å². The Hall–Kier alpha value is -0.0400. The predicted molar refractivity (Wildman–Crippen MR) is 47.3 cm³/mol. The van der Waals surface area contributed by atoms with Gasteiger partial charge in [-0.3, -0.25) is 0 Å². The van der Waals surface area contributed by atoms with Crippen LogP contribution in [0.5, 0.6) is 0 Å². The van der Waals surface area contributed by atoms with Crippen molar-refractivity contribution in [3.8, 4) is 0 Å². The first kappa shape index (κ1) is 7.60. The number of nitrogens with two attached hydrogens (primary N) is 1. The van der Waals surface area contributed by atoms with E-state index in [-0.39, 0.29) is 0 Å². The van der Waals surface area contributed by atoms with Crippen LogP contribution < -0.4 is 5.73 Å². The first-order chi connectivity index (χ1) is 5.36. The van der Waals surface area contributed by atoms with Crippen LogP contribution in [0.2, 0.25) is 0 Å². The molecule has 2 rings (SSSR count). The summed E-state index contributed by atoms with van der Waals surface area (Å²) in [5.74, 6) is 1.90. The number of rotatable bonds is 3. The Kier molecular flexibility index (Phi) is 2.17. The van der Waals surface area contributed by atoms with Crippen molar-refractivity contribution in [3.63, 3.8) is 0 Å². The summed E-state index contributed by atoms with van der Waals surface area (Å²) in [7, 11) is 0. The Labute approximate surface area is 69.4 Å². The van der Waals surface area contributed by atoms with Gasteiger partial charge in [-0.15, -0.1) is 0 Å². The van der Waals surface area contributed by atoms with Gasteiger partial charge in [-0.1, -0.05) is 25.7 Å². The lowest BCUT2D eigenvalue weighted by Gasteiger charge is -2.14. The SMILES string of the molecule is N[C@H](CC1CCCC1)C1CC1. The molecule has 1 nitrogen and oxygen atoms in total. The van der Waals surface area contributed by atoms with Crippen LogP contribution in [-0.4, -0.2) is 6.04 Å². The third-order valence-corrected chi connectivity index (χ3v) is 3.31. The lowest BCUT2D eigenvalue weighted by atomic mass is 9.96. The summed E-state index contributed by atoms with van der Waals surface area (Å²) >= 11 is 0. The molecule has 0 aromatic rings. The maximum Gasteiger partial charge on any atom is 0.00698 e. The minimum absolute atomic E-state index is 0.554. The molecule has 11 heavy (non-hydrogen) atoms. The highest BCUT2D eigenvalue weighted by atomic mass is 14.7. The molecule has 0 aliphatic heterocycles. The van der Waals surface area contributed by atoms with Crippen LogP contribution >= 0.6 is 0 Å². The fourth-order valence-electron chi connectivity index (χ4n) is 2.35. The minimum atomic E-state index is 0.554. The highest BCUT2D eigenvalue weighted by Gasteiger charge is 2.30. The van der Waals surface area contributed by atoms with Crippen LogP contribution in [0.1, 0.15) is 44.9 Å². The third-order valence-electron chi connectivity index (χ3n) is 3.31. The maximum absolute atomic E-state index is 6.06. The van der Waals surface area contributed by atoms with Gasteiger partial charge >= 0.3 is 0 Å². The van der Waals surface area contributed by atoms with Crippen molar-refractivity contribution in [1.82, 2.24) is 0 Å². The van der Waals surface area contributed by atoms with Crippen molar-refractivity contribution in [2.75, 3.05) is 0 Å². The summed E-state index contributed by atoms with van der Waals surface area (Å²) in [6.45, 7) is 0. The van der Waals surface area contributed by atoms with Gasteiger partial charge in [0.25, 0.3) is 0 Å². The van der Waals surface area contributed by atoms with E-state index < -0.39 is 0 Å². The molecule has 0 amide bonds. The zero-order valence-corrected chi connectivity index (χ0v) is 7.26. The smallest absolute Gasteiger partial charge is 0.00698 e. The number of hydrogen-bond acceptors (Lipinski definition) is 1. The quantitative estimate of drug-likeness (QED) is 0.661. The molecule has 2 N–H and O–H groups in total. The lowest BCUT2D eigenvalue weighted by Crippen LogP contribution is -2.24. The average Bonchev–Trinajstić information content (AvgIpc) is 2.73. The predicted octanol–water partition coefficient (Wildman–Crippen LogP) is 2.30. The lowest BCUT2D eigenvalue weighted by molar-refractivity contribution is 0.416. The Bertz CT molecular complexity index is 123. The normalized spacial score (nSPS) is 29.2. The number of hydrogen-bond donors (Lipinski definition) is 1. The summed E-state index contributed by atoms with van der Waals surface area (Å²) in [5, 5.41) is 0.